The lowest BCUT2D eigenvalue weighted by Crippen LogP contribution is -2.49. The number of aromatic nitrogens is 1. The van der Waals surface area contributed by atoms with E-state index in [1.807, 2.05) is 4.90 Å². The first-order chi connectivity index (χ1) is 17.6. The van der Waals surface area contributed by atoms with Gasteiger partial charge in [-0.1, -0.05) is 24.3 Å². The van der Waals surface area contributed by atoms with Gasteiger partial charge in [0.15, 0.2) is 0 Å². The molecule has 3 heterocycles. The summed E-state index contributed by atoms with van der Waals surface area (Å²) >= 11 is 0. The van der Waals surface area contributed by atoms with Crippen LogP contribution in [0.2, 0.25) is 0 Å². The maximum absolute atomic E-state index is 12.3. The summed E-state index contributed by atoms with van der Waals surface area (Å²) in [5, 5.41) is 1.05. The van der Waals surface area contributed by atoms with Crippen LogP contribution in [0.25, 0.3) is 22.0 Å². The molecule has 1 aromatic heterocycles. The second-order valence-electron chi connectivity index (χ2n) is 9.93. The number of benzene rings is 2. The van der Waals surface area contributed by atoms with Gasteiger partial charge in [0.1, 0.15) is 5.82 Å². The minimum absolute atomic E-state index is 0.384. The van der Waals surface area contributed by atoms with Crippen molar-refractivity contribution in [1.82, 2.24) is 9.88 Å². The number of piperidine rings is 1. The number of nitrogens with two attached hydrogens (primary N) is 1. The van der Waals surface area contributed by atoms with E-state index in [0.29, 0.717) is 25.6 Å². The number of nitrogen functional groups attached to an aromatic ring is 1. The van der Waals surface area contributed by atoms with Gasteiger partial charge in [0.2, 0.25) is 6.41 Å². The summed E-state index contributed by atoms with van der Waals surface area (Å²) in [7, 11) is 1.73. The SMILES string of the molecule is COCCC1(c2cccc(C)c2-c2ccc3nc(N)c(N4CCOCC4)cc3c2)CCCCN1C=O. The van der Waals surface area contributed by atoms with Crippen LogP contribution in [0.4, 0.5) is 11.5 Å². The second kappa shape index (κ2) is 10.4. The van der Waals surface area contributed by atoms with Crippen LogP contribution in [0.3, 0.4) is 0 Å². The Morgan fingerprint density at radius 2 is 1.97 bits per heavy atom. The van der Waals surface area contributed by atoms with Crippen molar-refractivity contribution in [1.29, 1.82) is 0 Å². The van der Waals surface area contributed by atoms with Gasteiger partial charge in [0.05, 0.1) is 30.0 Å². The number of carbonyl (C=O) groups excluding carboxylic acids is 1. The van der Waals surface area contributed by atoms with Gasteiger partial charge in [-0.3, -0.25) is 4.79 Å². The summed E-state index contributed by atoms with van der Waals surface area (Å²) in [6.45, 7) is 6.53. The molecule has 7 nitrogen and oxygen atoms in total. The number of methoxy groups -OCH3 is 1. The van der Waals surface area contributed by atoms with Gasteiger partial charge in [-0.2, -0.15) is 0 Å². The number of morpholine rings is 1. The van der Waals surface area contributed by atoms with E-state index in [4.69, 9.17) is 20.2 Å². The molecule has 2 aromatic carbocycles. The van der Waals surface area contributed by atoms with Crippen molar-refractivity contribution in [3.05, 3.63) is 53.6 Å². The van der Waals surface area contributed by atoms with E-state index in [1.165, 1.54) is 16.7 Å². The van der Waals surface area contributed by atoms with Crippen molar-refractivity contribution in [3.63, 3.8) is 0 Å². The topological polar surface area (TPSA) is 80.9 Å². The predicted molar refractivity (Wildman–Crippen MR) is 144 cm³/mol. The lowest BCUT2D eigenvalue weighted by Gasteiger charge is -2.47. The molecule has 0 radical (unpaired) electrons. The van der Waals surface area contributed by atoms with Gasteiger partial charge in [-0.15, -0.1) is 0 Å². The molecule has 7 heteroatoms. The quantitative estimate of drug-likeness (QED) is 0.493. The molecule has 1 atom stereocenters. The van der Waals surface area contributed by atoms with E-state index in [1.54, 1.807) is 7.11 Å². The maximum Gasteiger partial charge on any atom is 0.210 e. The molecule has 2 fully saturated rings. The number of fused-ring (bicyclic) bond motifs is 1. The van der Waals surface area contributed by atoms with E-state index in [2.05, 4.69) is 54.3 Å². The monoisotopic (exact) mass is 488 g/mol. The molecule has 5 rings (SSSR count). The Hall–Kier alpha value is -3.16. The number of anilines is 2. The fourth-order valence-electron chi connectivity index (χ4n) is 6.01. The van der Waals surface area contributed by atoms with Gasteiger partial charge in [-0.25, -0.2) is 4.98 Å². The maximum atomic E-state index is 12.3. The first kappa shape index (κ1) is 24.5. The van der Waals surface area contributed by atoms with E-state index in [-0.39, 0.29) is 5.54 Å². The second-order valence-corrected chi connectivity index (χ2v) is 9.93. The molecule has 2 N–H and O–H groups in total. The molecule has 3 aromatic rings. The Labute approximate surface area is 213 Å². The van der Waals surface area contributed by atoms with Crippen LogP contribution < -0.4 is 10.6 Å². The highest BCUT2D eigenvalue weighted by Crippen LogP contribution is 2.45. The molecule has 1 unspecified atom stereocenters. The molecular formula is C29H36N4O3. The summed E-state index contributed by atoms with van der Waals surface area (Å²) < 4.78 is 11.0. The minimum Gasteiger partial charge on any atom is -0.385 e. The Kier molecular flexibility index (Phi) is 7.12. The van der Waals surface area contributed by atoms with Gasteiger partial charge in [0, 0.05) is 38.7 Å². The molecule has 2 aliphatic heterocycles. The number of nitrogens with zero attached hydrogens (tertiary/aromatic N) is 3. The average Bonchev–Trinajstić information content (AvgIpc) is 2.91. The fraction of sp³-hybridized carbons (Fsp3) is 0.448. The summed E-state index contributed by atoms with van der Waals surface area (Å²) in [5.41, 5.74) is 12.5. The lowest BCUT2D eigenvalue weighted by atomic mass is 9.74. The number of carbonyl (C=O) groups is 1. The average molecular weight is 489 g/mol. The smallest absolute Gasteiger partial charge is 0.210 e. The van der Waals surface area contributed by atoms with Crippen molar-refractivity contribution in [2.75, 3.05) is 57.2 Å². The van der Waals surface area contributed by atoms with Crippen LogP contribution in [0, 0.1) is 6.92 Å². The van der Waals surface area contributed by atoms with Gasteiger partial charge >= 0.3 is 0 Å². The molecule has 190 valence electrons. The summed E-state index contributed by atoms with van der Waals surface area (Å²) in [4.78, 5) is 21.3. The molecule has 2 saturated heterocycles. The highest BCUT2D eigenvalue weighted by molar-refractivity contribution is 5.91. The number of amides is 1. The molecule has 0 bridgehead atoms. The molecule has 0 aliphatic carbocycles. The first-order valence-corrected chi connectivity index (χ1v) is 12.9. The van der Waals surface area contributed by atoms with Crippen LogP contribution in [0.15, 0.2) is 42.5 Å². The van der Waals surface area contributed by atoms with Gasteiger partial charge < -0.3 is 25.0 Å². The third-order valence-electron chi connectivity index (χ3n) is 7.87. The third kappa shape index (κ3) is 4.42. The fourth-order valence-corrected chi connectivity index (χ4v) is 6.01. The number of pyridine rings is 1. The number of rotatable bonds is 7. The van der Waals surface area contributed by atoms with Crippen molar-refractivity contribution in [2.45, 2.75) is 38.1 Å². The standard InChI is InChI=1S/C29H36N4O3/c1-21-6-5-7-24(29(11-15-35-2)10-3-4-12-33(29)20-34)27(21)22-8-9-25-23(18-22)19-26(28(30)31-25)32-13-16-36-17-14-32/h5-9,18-20H,3-4,10-17H2,1-2H3,(H2,30,31). The number of hydrogen-bond donors (Lipinski definition) is 1. The number of ether oxygens (including phenoxy) is 2. The number of hydrogen-bond acceptors (Lipinski definition) is 6. The zero-order valence-electron chi connectivity index (χ0n) is 21.3. The van der Waals surface area contributed by atoms with Crippen LogP contribution >= 0.6 is 0 Å². The molecule has 2 aliphatic rings. The zero-order valence-corrected chi connectivity index (χ0v) is 21.3. The van der Waals surface area contributed by atoms with Crippen molar-refractivity contribution < 1.29 is 14.3 Å². The molecule has 36 heavy (non-hydrogen) atoms. The van der Waals surface area contributed by atoms with Crippen LogP contribution in [-0.4, -0.2) is 62.9 Å². The van der Waals surface area contributed by atoms with Crippen LogP contribution in [-0.2, 0) is 19.8 Å². The van der Waals surface area contributed by atoms with E-state index in [9.17, 15) is 4.79 Å². The molecule has 0 spiro atoms. The van der Waals surface area contributed by atoms with E-state index < -0.39 is 0 Å². The van der Waals surface area contributed by atoms with Crippen LogP contribution in [0.1, 0.15) is 36.8 Å². The largest absolute Gasteiger partial charge is 0.385 e. The normalized spacial score (nSPS) is 20.6. The summed E-state index contributed by atoms with van der Waals surface area (Å²) in [6.07, 6.45) is 4.85. The molecule has 1 amide bonds. The van der Waals surface area contributed by atoms with Gasteiger partial charge in [-0.05, 0) is 73.1 Å². The molecular weight excluding hydrogens is 452 g/mol. The van der Waals surface area contributed by atoms with Crippen molar-refractivity contribution >= 4 is 28.8 Å². The first-order valence-electron chi connectivity index (χ1n) is 12.9. The Balaban J connectivity index is 1.65. The highest BCUT2D eigenvalue weighted by atomic mass is 16.5. The third-order valence-corrected chi connectivity index (χ3v) is 7.87. The van der Waals surface area contributed by atoms with Crippen LogP contribution in [0.5, 0.6) is 0 Å². The van der Waals surface area contributed by atoms with Crippen molar-refractivity contribution in [2.24, 2.45) is 0 Å². The zero-order chi connectivity index (χ0) is 25.1. The molecule has 0 saturated carbocycles. The van der Waals surface area contributed by atoms with E-state index in [0.717, 1.165) is 73.9 Å². The number of likely N-dealkylation sites (tertiary alicyclic amines) is 1. The van der Waals surface area contributed by atoms with Crippen molar-refractivity contribution in [3.8, 4) is 11.1 Å². The Morgan fingerprint density at radius 3 is 2.75 bits per heavy atom. The van der Waals surface area contributed by atoms with Gasteiger partial charge in [0.25, 0.3) is 0 Å². The number of aryl methyl sites for hydroxylation is 1. The highest BCUT2D eigenvalue weighted by Gasteiger charge is 2.41. The summed E-state index contributed by atoms with van der Waals surface area (Å²) in [5.74, 6) is 0.552. The lowest BCUT2D eigenvalue weighted by molar-refractivity contribution is -0.127. The Bertz CT molecular complexity index is 1240. The Morgan fingerprint density at radius 1 is 1.14 bits per heavy atom. The summed E-state index contributed by atoms with van der Waals surface area (Å²) in [6, 6.07) is 15.0. The van der Waals surface area contributed by atoms with E-state index >= 15 is 0 Å². The predicted octanol–water partition coefficient (Wildman–Crippen LogP) is 4.50. The minimum atomic E-state index is -0.384.